The van der Waals surface area contributed by atoms with Crippen molar-refractivity contribution in [2.24, 2.45) is 0 Å². The van der Waals surface area contributed by atoms with Gasteiger partial charge >= 0.3 is 5.97 Å². The van der Waals surface area contributed by atoms with Crippen LogP contribution < -0.4 is 4.74 Å². The number of aliphatic carboxylic acids is 1. The van der Waals surface area contributed by atoms with Gasteiger partial charge in [0, 0.05) is 5.92 Å². The molecule has 0 radical (unpaired) electrons. The van der Waals surface area contributed by atoms with Crippen molar-refractivity contribution in [2.75, 3.05) is 7.11 Å². The summed E-state index contributed by atoms with van der Waals surface area (Å²) in [5.41, 5.74) is 3.18. The predicted octanol–water partition coefficient (Wildman–Crippen LogP) is 2.67. The molecule has 1 aliphatic carbocycles. The molecule has 1 aromatic carbocycles. The smallest absolute Gasteiger partial charge is 0.336 e. The number of hydrogen-bond donors (Lipinski definition) is 1. The summed E-state index contributed by atoms with van der Waals surface area (Å²) in [7, 11) is 1.58. The monoisotopic (exact) mass is 218 g/mol. The summed E-state index contributed by atoms with van der Waals surface area (Å²) < 4.78 is 5.12. The van der Waals surface area contributed by atoms with Gasteiger partial charge in [0.25, 0.3) is 0 Å². The van der Waals surface area contributed by atoms with E-state index in [0.29, 0.717) is 11.3 Å². The third kappa shape index (κ3) is 1.40. The molecule has 1 aromatic rings. The van der Waals surface area contributed by atoms with Crippen molar-refractivity contribution in [3.8, 4) is 5.75 Å². The number of carboxylic acids is 1. The van der Waals surface area contributed by atoms with Crippen molar-refractivity contribution in [2.45, 2.75) is 19.8 Å². The maximum atomic E-state index is 11.2. The highest BCUT2D eigenvalue weighted by atomic mass is 16.5. The topological polar surface area (TPSA) is 46.5 Å². The molecular formula is C13H14O3. The Morgan fingerprint density at radius 3 is 2.69 bits per heavy atom. The Morgan fingerprint density at radius 2 is 2.12 bits per heavy atom. The molecule has 0 fully saturated rings. The van der Waals surface area contributed by atoms with Gasteiger partial charge in [0.15, 0.2) is 0 Å². The van der Waals surface area contributed by atoms with E-state index in [4.69, 9.17) is 4.74 Å². The van der Waals surface area contributed by atoms with Crippen LogP contribution >= 0.6 is 0 Å². The second-order valence-electron chi connectivity index (χ2n) is 4.04. The van der Waals surface area contributed by atoms with E-state index in [1.54, 1.807) is 13.2 Å². The van der Waals surface area contributed by atoms with Gasteiger partial charge in [0.1, 0.15) is 5.75 Å². The zero-order valence-corrected chi connectivity index (χ0v) is 9.57. The molecule has 0 aliphatic heterocycles. The number of benzene rings is 1. The molecule has 1 atom stereocenters. The Balaban J connectivity index is 2.63. The van der Waals surface area contributed by atoms with E-state index in [2.05, 4.69) is 0 Å². The van der Waals surface area contributed by atoms with Crippen molar-refractivity contribution in [3.05, 3.63) is 34.9 Å². The van der Waals surface area contributed by atoms with E-state index in [0.717, 1.165) is 16.7 Å². The van der Waals surface area contributed by atoms with Crippen molar-refractivity contribution >= 4 is 11.5 Å². The van der Waals surface area contributed by atoms with Gasteiger partial charge in [-0.05, 0) is 30.2 Å². The van der Waals surface area contributed by atoms with Crippen molar-refractivity contribution in [1.82, 2.24) is 0 Å². The van der Waals surface area contributed by atoms with Crippen LogP contribution in [0.1, 0.15) is 30.9 Å². The predicted molar refractivity (Wildman–Crippen MR) is 61.6 cm³/mol. The Hall–Kier alpha value is -1.77. The highest BCUT2D eigenvalue weighted by Crippen LogP contribution is 2.42. The minimum absolute atomic E-state index is 0.173. The normalized spacial score (nSPS) is 18.6. The molecular weight excluding hydrogens is 204 g/mol. The zero-order valence-electron chi connectivity index (χ0n) is 9.57. The van der Waals surface area contributed by atoms with Gasteiger partial charge in [-0.15, -0.1) is 0 Å². The summed E-state index contributed by atoms with van der Waals surface area (Å²) in [4.78, 5) is 11.2. The van der Waals surface area contributed by atoms with Crippen LogP contribution in [0.25, 0.3) is 5.57 Å². The van der Waals surface area contributed by atoms with E-state index in [1.165, 1.54) is 0 Å². The van der Waals surface area contributed by atoms with Gasteiger partial charge in [0.05, 0.1) is 12.7 Å². The van der Waals surface area contributed by atoms with Gasteiger partial charge in [-0.1, -0.05) is 18.6 Å². The van der Waals surface area contributed by atoms with Crippen molar-refractivity contribution < 1.29 is 14.6 Å². The fourth-order valence-corrected chi connectivity index (χ4v) is 2.20. The van der Waals surface area contributed by atoms with Crippen LogP contribution in [0.5, 0.6) is 5.75 Å². The maximum Gasteiger partial charge on any atom is 0.336 e. The average Bonchev–Trinajstić information content (AvgIpc) is 2.51. The van der Waals surface area contributed by atoms with E-state index in [-0.39, 0.29) is 5.92 Å². The minimum atomic E-state index is -0.864. The highest BCUT2D eigenvalue weighted by molar-refractivity contribution is 6.18. The van der Waals surface area contributed by atoms with Gasteiger partial charge in [-0.25, -0.2) is 4.79 Å². The molecule has 2 rings (SSSR count). The lowest BCUT2D eigenvalue weighted by Gasteiger charge is -2.08. The van der Waals surface area contributed by atoms with Crippen molar-refractivity contribution in [3.63, 3.8) is 0 Å². The maximum absolute atomic E-state index is 11.2. The van der Waals surface area contributed by atoms with Crippen LogP contribution in [0.4, 0.5) is 0 Å². The number of rotatable bonds is 2. The molecule has 84 valence electrons. The zero-order chi connectivity index (χ0) is 11.9. The van der Waals surface area contributed by atoms with Crippen LogP contribution in [0.2, 0.25) is 0 Å². The third-order valence-electron chi connectivity index (χ3n) is 3.25. The molecule has 16 heavy (non-hydrogen) atoms. The number of hydrogen-bond acceptors (Lipinski definition) is 2. The lowest BCUT2D eigenvalue weighted by Crippen LogP contribution is -1.99. The quantitative estimate of drug-likeness (QED) is 0.830. The second kappa shape index (κ2) is 3.67. The summed E-state index contributed by atoms with van der Waals surface area (Å²) in [5, 5.41) is 9.21. The van der Waals surface area contributed by atoms with Crippen LogP contribution in [-0.2, 0) is 4.79 Å². The van der Waals surface area contributed by atoms with Crippen LogP contribution in [0.3, 0.4) is 0 Å². The number of allylic oxidation sites excluding steroid dienone is 1. The highest BCUT2D eigenvalue weighted by Gasteiger charge is 2.29. The first-order valence-electron chi connectivity index (χ1n) is 5.18. The number of carbonyl (C=O) groups is 1. The number of methoxy groups -OCH3 is 1. The summed E-state index contributed by atoms with van der Waals surface area (Å²) in [6.45, 7) is 3.90. The summed E-state index contributed by atoms with van der Waals surface area (Å²) >= 11 is 0. The Morgan fingerprint density at radius 1 is 1.44 bits per heavy atom. The fraction of sp³-hybridized carbons (Fsp3) is 0.308. The average molecular weight is 218 g/mol. The second-order valence-corrected chi connectivity index (χ2v) is 4.04. The standard InChI is InChI=1S/C13H14O3/c1-7-8(2)12(13(14)15)11-6-9(16-3)4-5-10(7)11/h4-7H,1-3H3,(H,14,15). The molecule has 1 unspecified atom stereocenters. The number of carboxylic acid groups (broad SMARTS) is 1. The summed E-state index contributed by atoms with van der Waals surface area (Å²) in [6, 6.07) is 5.61. The Bertz CT molecular complexity index is 486. The van der Waals surface area contributed by atoms with Crippen LogP contribution in [-0.4, -0.2) is 18.2 Å². The Labute approximate surface area is 94.4 Å². The molecule has 0 saturated heterocycles. The van der Waals surface area contributed by atoms with Crippen LogP contribution in [0.15, 0.2) is 23.8 Å². The first-order chi connectivity index (χ1) is 7.56. The first-order valence-corrected chi connectivity index (χ1v) is 5.18. The molecule has 0 aromatic heterocycles. The SMILES string of the molecule is COc1ccc2c(c1)C(C(=O)O)=C(C)C2C. The number of fused-ring (bicyclic) bond motifs is 1. The molecule has 0 saturated carbocycles. The van der Waals surface area contributed by atoms with E-state index >= 15 is 0 Å². The first kappa shape index (κ1) is 10.7. The van der Waals surface area contributed by atoms with Gasteiger partial charge in [-0.3, -0.25) is 0 Å². The van der Waals surface area contributed by atoms with E-state index < -0.39 is 5.97 Å². The van der Waals surface area contributed by atoms with Gasteiger partial charge in [0.2, 0.25) is 0 Å². The van der Waals surface area contributed by atoms with Crippen molar-refractivity contribution in [1.29, 1.82) is 0 Å². The van der Waals surface area contributed by atoms with Gasteiger partial charge < -0.3 is 9.84 Å². The third-order valence-corrected chi connectivity index (χ3v) is 3.25. The van der Waals surface area contributed by atoms with Gasteiger partial charge in [-0.2, -0.15) is 0 Å². The summed E-state index contributed by atoms with van der Waals surface area (Å²) in [5.74, 6) is 0.00255. The lowest BCUT2D eigenvalue weighted by molar-refractivity contribution is -0.130. The van der Waals surface area contributed by atoms with Crippen LogP contribution in [0, 0.1) is 0 Å². The molecule has 0 bridgehead atoms. The molecule has 1 N–H and O–H groups in total. The molecule has 3 nitrogen and oxygen atoms in total. The molecule has 3 heteroatoms. The minimum Gasteiger partial charge on any atom is -0.497 e. The molecule has 1 aliphatic rings. The largest absolute Gasteiger partial charge is 0.497 e. The molecule has 0 spiro atoms. The molecule has 0 amide bonds. The van der Waals surface area contributed by atoms with E-state index in [1.807, 2.05) is 26.0 Å². The summed E-state index contributed by atoms with van der Waals surface area (Å²) in [6.07, 6.45) is 0. The lowest BCUT2D eigenvalue weighted by atomic mass is 9.99. The van der Waals surface area contributed by atoms with E-state index in [9.17, 15) is 9.90 Å². The number of ether oxygens (including phenoxy) is 1. The Kier molecular flexibility index (Phi) is 2.46. The molecule has 0 heterocycles. The fourth-order valence-electron chi connectivity index (χ4n) is 2.20.